The summed E-state index contributed by atoms with van der Waals surface area (Å²) in [4.78, 5) is 23.9. The van der Waals surface area contributed by atoms with Crippen LogP contribution in [0.2, 0.25) is 0 Å². The Morgan fingerprint density at radius 3 is 1.64 bits per heavy atom. The number of ketones is 1. The third-order valence-electron chi connectivity index (χ3n) is 5.42. The topological polar surface area (TPSA) is 52.6 Å². The fourth-order valence-corrected chi connectivity index (χ4v) is 3.19. The van der Waals surface area contributed by atoms with Gasteiger partial charge in [-0.2, -0.15) is 0 Å². The van der Waals surface area contributed by atoms with Crippen LogP contribution >= 0.6 is 0 Å². The van der Waals surface area contributed by atoms with E-state index in [1.165, 1.54) is 0 Å². The average molecular weight is 397 g/mol. The third kappa shape index (κ3) is 11.5. The van der Waals surface area contributed by atoms with E-state index in [4.69, 9.17) is 9.47 Å². The summed E-state index contributed by atoms with van der Waals surface area (Å²) in [5.74, 6) is 1.10. The fourth-order valence-electron chi connectivity index (χ4n) is 3.19. The predicted octanol–water partition coefficient (Wildman–Crippen LogP) is 6.62. The van der Waals surface area contributed by atoms with E-state index in [-0.39, 0.29) is 11.4 Å². The Morgan fingerprint density at radius 1 is 0.714 bits per heavy atom. The predicted molar refractivity (Wildman–Crippen MR) is 116 cm³/mol. The van der Waals surface area contributed by atoms with Gasteiger partial charge in [0.05, 0.1) is 24.4 Å². The van der Waals surface area contributed by atoms with Crippen LogP contribution < -0.4 is 0 Å². The van der Waals surface area contributed by atoms with Crippen LogP contribution in [0, 0.1) is 10.8 Å². The summed E-state index contributed by atoms with van der Waals surface area (Å²) in [5.41, 5.74) is -0.432. The lowest BCUT2D eigenvalue weighted by molar-refractivity contribution is -0.153. The van der Waals surface area contributed by atoms with Crippen LogP contribution in [-0.4, -0.2) is 25.0 Å². The number of esters is 1. The maximum absolute atomic E-state index is 12.0. The Kier molecular flexibility index (Phi) is 13.1. The number of hydrogen-bond donors (Lipinski definition) is 0. The van der Waals surface area contributed by atoms with Gasteiger partial charge in [0.15, 0.2) is 0 Å². The monoisotopic (exact) mass is 396 g/mol. The van der Waals surface area contributed by atoms with E-state index in [0.717, 1.165) is 57.1 Å². The number of rotatable bonds is 17. The van der Waals surface area contributed by atoms with Gasteiger partial charge in [0, 0.05) is 18.3 Å². The van der Waals surface area contributed by atoms with Crippen LogP contribution in [-0.2, 0) is 19.1 Å². The molecule has 28 heavy (non-hydrogen) atoms. The van der Waals surface area contributed by atoms with Gasteiger partial charge in [0.2, 0.25) is 0 Å². The molecule has 0 spiro atoms. The molecule has 0 heterocycles. The third-order valence-corrected chi connectivity index (χ3v) is 5.42. The van der Waals surface area contributed by atoms with Gasteiger partial charge in [-0.15, -0.1) is 0 Å². The zero-order valence-corrected chi connectivity index (χ0v) is 19.3. The Labute approximate surface area is 173 Å². The molecule has 0 aliphatic rings. The molecule has 164 valence electrons. The molecule has 0 radical (unpaired) electrons. The molecule has 0 atom stereocenters. The van der Waals surface area contributed by atoms with Gasteiger partial charge in [-0.05, 0) is 53.4 Å². The molecular weight excluding hydrogens is 352 g/mol. The highest BCUT2D eigenvalue weighted by Crippen LogP contribution is 2.32. The van der Waals surface area contributed by atoms with Gasteiger partial charge >= 0.3 is 5.97 Å². The number of carbonyl (C=O) groups excluding carboxylic acids is 2. The van der Waals surface area contributed by atoms with Crippen LogP contribution in [0.1, 0.15) is 106 Å². The first-order valence-corrected chi connectivity index (χ1v) is 11.1. The van der Waals surface area contributed by atoms with Crippen molar-refractivity contribution >= 4 is 11.8 Å². The van der Waals surface area contributed by atoms with Gasteiger partial charge < -0.3 is 9.47 Å². The van der Waals surface area contributed by atoms with E-state index in [9.17, 15) is 9.59 Å². The lowest BCUT2D eigenvalue weighted by Gasteiger charge is -2.26. The van der Waals surface area contributed by atoms with Crippen LogP contribution in [0.3, 0.4) is 0 Å². The van der Waals surface area contributed by atoms with Crippen molar-refractivity contribution in [3.05, 3.63) is 12.3 Å². The van der Waals surface area contributed by atoms with E-state index >= 15 is 0 Å². The molecule has 0 bridgehead atoms. The summed E-state index contributed by atoms with van der Waals surface area (Å²) in [6.45, 7) is 17.1. The van der Waals surface area contributed by atoms with Crippen molar-refractivity contribution in [3.8, 4) is 0 Å². The largest absolute Gasteiger partial charge is 0.498 e. The first kappa shape index (κ1) is 26.7. The molecule has 0 aromatic heterocycles. The quantitative estimate of drug-likeness (QED) is 0.157. The van der Waals surface area contributed by atoms with Gasteiger partial charge in [-0.25, -0.2) is 0 Å². The molecular formula is C24H44O4. The Morgan fingerprint density at radius 2 is 1.18 bits per heavy atom. The summed E-state index contributed by atoms with van der Waals surface area (Å²) in [6, 6.07) is 0. The van der Waals surface area contributed by atoms with Crippen molar-refractivity contribution in [2.24, 2.45) is 10.8 Å². The number of Topliss-reactive ketones (excluding diaryl/α,β-unsaturated/α-hetero) is 1. The molecule has 0 unspecified atom stereocenters. The minimum Gasteiger partial charge on any atom is -0.498 e. The maximum Gasteiger partial charge on any atom is 0.311 e. The van der Waals surface area contributed by atoms with Crippen molar-refractivity contribution < 1.29 is 19.1 Å². The SMILES string of the molecule is C=C(OCC)C(C)(C)CCCCCC(=O)CCCCCC(C)(C)C(=O)OCC. The summed E-state index contributed by atoms with van der Waals surface area (Å²) in [7, 11) is 0. The summed E-state index contributed by atoms with van der Waals surface area (Å²) in [6.07, 6.45) is 9.18. The smallest absolute Gasteiger partial charge is 0.311 e. The number of unbranched alkanes of at least 4 members (excludes halogenated alkanes) is 4. The van der Waals surface area contributed by atoms with E-state index in [1.807, 2.05) is 27.7 Å². The van der Waals surface area contributed by atoms with E-state index in [2.05, 4.69) is 20.4 Å². The Hall–Kier alpha value is -1.32. The van der Waals surface area contributed by atoms with Crippen molar-refractivity contribution in [2.45, 2.75) is 106 Å². The highest BCUT2D eigenvalue weighted by atomic mass is 16.5. The summed E-state index contributed by atoms with van der Waals surface area (Å²) >= 11 is 0. The maximum atomic E-state index is 12.0. The highest BCUT2D eigenvalue weighted by molar-refractivity contribution is 5.78. The molecule has 0 aliphatic heterocycles. The van der Waals surface area contributed by atoms with Crippen LogP contribution in [0.15, 0.2) is 12.3 Å². The standard InChI is InChI=1S/C24H44O4/c1-8-27-20(3)23(4,5)18-14-10-12-16-21(25)17-13-11-15-19-24(6,7)22(26)28-9-2/h3,8-19H2,1-2,4-7H3. The van der Waals surface area contributed by atoms with Gasteiger partial charge in [0.1, 0.15) is 5.78 Å². The number of ether oxygens (including phenoxy) is 2. The lowest BCUT2D eigenvalue weighted by atomic mass is 9.85. The molecule has 4 heteroatoms. The average Bonchev–Trinajstić information content (AvgIpc) is 2.61. The van der Waals surface area contributed by atoms with Gasteiger partial charge in [-0.3, -0.25) is 9.59 Å². The van der Waals surface area contributed by atoms with Crippen molar-refractivity contribution in [3.63, 3.8) is 0 Å². The van der Waals surface area contributed by atoms with Gasteiger partial charge in [0.25, 0.3) is 0 Å². The normalized spacial score (nSPS) is 11.9. The van der Waals surface area contributed by atoms with Crippen LogP contribution in [0.5, 0.6) is 0 Å². The number of carbonyl (C=O) groups is 2. The number of hydrogen-bond acceptors (Lipinski definition) is 4. The first-order valence-electron chi connectivity index (χ1n) is 11.1. The second kappa shape index (κ2) is 13.8. The van der Waals surface area contributed by atoms with E-state index in [0.29, 0.717) is 31.8 Å². The summed E-state index contributed by atoms with van der Waals surface area (Å²) in [5, 5.41) is 0. The molecule has 0 aliphatic carbocycles. The van der Waals surface area contributed by atoms with E-state index < -0.39 is 5.41 Å². The molecule has 0 saturated carbocycles. The minimum atomic E-state index is -0.429. The second-order valence-electron chi connectivity index (χ2n) is 9.00. The molecule has 0 rings (SSSR count). The highest BCUT2D eigenvalue weighted by Gasteiger charge is 2.28. The lowest BCUT2D eigenvalue weighted by Crippen LogP contribution is -2.26. The molecule has 0 aromatic carbocycles. The molecule has 0 saturated heterocycles. The van der Waals surface area contributed by atoms with Crippen LogP contribution in [0.25, 0.3) is 0 Å². The molecule has 0 amide bonds. The van der Waals surface area contributed by atoms with Crippen LogP contribution in [0.4, 0.5) is 0 Å². The van der Waals surface area contributed by atoms with E-state index in [1.54, 1.807) is 0 Å². The zero-order valence-electron chi connectivity index (χ0n) is 19.3. The first-order chi connectivity index (χ1) is 13.1. The number of allylic oxidation sites excluding steroid dienone is 1. The van der Waals surface area contributed by atoms with Gasteiger partial charge in [-0.1, -0.05) is 46.1 Å². The van der Waals surface area contributed by atoms with Crippen molar-refractivity contribution in [2.75, 3.05) is 13.2 Å². The molecule has 0 N–H and O–H groups in total. The zero-order chi connectivity index (χ0) is 21.6. The summed E-state index contributed by atoms with van der Waals surface area (Å²) < 4.78 is 10.6. The molecule has 0 fully saturated rings. The minimum absolute atomic E-state index is 0.00263. The molecule has 4 nitrogen and oxygen atoms in total. The van der Waals surface area contributed by atoms with Crippen molar-refractivity contribution in [1.82, 2.24) is 0 Å². The van der Waals surface area contributed by atoms with Crippen molar-refractivity contribution in [1.29, 1.82) is 0 Å². The second-order valence-corrected chi connectivity index (χ2v) is 9.00. The Balaban J connectivity index is 3.79. The molecule has 0 aromatic rings. The fraction of sp³-hybridized carbons (Fsp3) is 0.833. The Bertz CT molecular complexity index is 435.